The average Bonchev–Trinajstić information content (AvgIpc) is 2.55. The van der Waals surface area contributed by atoms with E-state index in [2.05, 4.69) is 5.32 Å². The van der Waals surface area contributed by atoms with Crippen molar-refractivity contribution in [2.75, 3.05) is 7.11 Å². The first kappa shape index (κ1) is 18.2. The van der Waals surface area contributed by atoms with Gasteiger partial charge in [0.25, 0.3) is 5.91 Å². The number of amides is 1. The molecule has 0 aliphatic carbocycles. The van der Waals surface area contributed by atoms with Crippen molar-refractivity contribution in [1.29, 1.82) is 0 Å². The Bertz CT molecular complexity index is 767. The van der Waals surface area contributed by atoms with Crippen molar-refractivity contribution < 1.29 is 18.7 Å². The van der Waals surface area contributed by atoms with Gasteiger partial charge in [0.15, 0.2) is 0 Å². The number of carbonyl (C=O) groups is 2. The highest BCUT2D eigenvalue weighted by Crippen LogP contribution is 2.22. The summed E-state index contributed by atoms with van der Waals surface area (Å²) in [6, 6.07) is 9.03. The van der Waals surface area contributed by atoms with Gasteiger partial charge in [-0.2, -0.15) is 0 Å². The van der Waals surface area contributed by atoms with E-state index in [1.54, 1.807) is 18.2 Å². The number of ether oxygens (including phenoxy) is 1. The summed E-state index contributed by atoms with van der Waals surface area (Å²) in [5.74, 6) is -1.77. The van der Waals surface area contributed by atoms with Crippen LogP contribution in [0.1, 0.15) is 15.9 Å². The molecule has 0 bridgehead atoms. The predicted octanol–water partition coefficient (Wildman–Crippen LogP) is 3.65. The zero-order valence-corrected chi connectivity index (χ0v) is 14.2. The minimum atomic E-state index is -0.968. The van der Waals surface area contributed by atoms with Gasteiger partial charge in [0, 0.05) is 22.0 Å². The zero-order valence-electron chi connectivity index (χ0n) is 12.7. The van der Waals surface area contributed by atoms with Crippen LogP contribution in [0.3, 0.4) is 0 Å². The number of hydrogen-bond acceptors (Lipinski definition) is 3. The van der Waals surface area contributed by atoms with Crippen LogP contribution in [-0.2, 0) is 16.0 Å². The number of halogens is 3. The van der Waals surface area contributed by atoms with Gasteiger partial charge in [-0.05, 0) is 35.9 Å². The molecule has 24 heavy (non-hydrogen) atoms. The van der Waals surface area contributed by atoms with Gasteiger partial charge in [-0.1, -0.05) is 35.3 Å². The van der Waals surface area contributed by atoms with E-state index in [0.717, 1.165) is 6.07 Å². The lowest BCUT2D eigenvalue weighted by molar-refractivity contribution is -0.142. The molecular formula is C17H14Cl2FNO3. The van der Waals surface area contributed by atoms with Crippen molar-refractivity contribution in [2.24, 2.45) is 0 Å². The first-order chi connectivity index (χ1) is 11.4. The second kappa shape index (κ2) is 8.13. The van der Waals surface area contributed by atoms with Crippen molar-refractivity contribution in [3.63, 3.8) is 0 Å². The maximum absolute atomic E-state index is 13.2. The highest BCUT2D eigenvalue weighted by molar-refractivity contribution is 6.35. The highest BCUT2D eigenvalue weighted by atomic mass is 35.5. The molecule has 2 aromatic carbocycles. The molecule has 2 aromatic rings. The standard InChI is InChI=1S/C17H14Cl2FNO3/c1-24-17(23)15(8-10-5-6-12(18)9-14(10)19)21-16(22)11-3-2-4-13(20)7-11/h2-7,9,15H,8H2,1H3,(H,21,22)/t15-/m0/s1. The number of esters is 1. The monoisotopic (exact) mass is 369 g/mol. The Hall–Kier alpha value is -2.11. The average molecular weight is 370 g/mol. The van der Waals surface area contributed by atoms with Crippen LogP contribution in [0.15, 0.2) is 42.5 Å². The lowest BCUT2D eigenvalue weighted by Crippen LogP contribution is -2.43. The van der Waals surface area contributed by atoms with Crippen LogP contribution in [0.2, 0.25) is 10.0 Å². The third kappa shape index (κ3) is 4.69. The van der Waals surface area contributed by atoms with Crippen LogP contribution < -0.4 is 5.32 Å². The summed E-state index contributed by atoms with van der Waals surface area (Å²) in [5.41, 5.74) is 0.724. The van der Waals surface area contributed by atoms with E-state index in [0.29, 0.717) is 15.6 Å². The Morgan fingerprint density at radius 2 is 1.96 bits per heavy atom. The summed E-state index contributed by atoms with van der Waals surface area (Å²) in [4.78, 5) is 24.2. The summed E-state index contributed by atoms with van der Waals surface area (Å²) in [6.07, 6.45) is 0.115. The van der Waals surface area contributed by atoms with Crippen molar-refractivity contribution in [3.8, 4) is 0 Å². The van der Waals surface area contributed by atoms with Crippen LogP contribution in [0.4, 0.5) is 4.39 Å². The first-order valence-electron chi connectivity index (χ1n) is 6.99. The van der Waals surface area contributed by atoms with E-state index >= 15 is 0 Å². The maximum atomic E-state index is 13.2. The molecular weight excluding hydrogens is 356 g/mol. The second-order valence-corrected chi connectivity index (χ2v) is 5.84. The minimum absolute atomic E-state index is 0.103. The molecule has 0 heterocycles. The molecule has 1 amide bonds. The lowest BCUT2D eigenvalue weighted by atomic mass is 10.1. The van der Waals surface area contributed by atoms with E-state index in [-0.39, 0.29) is 12.0 Å². The fourth-order valence-electron chi connectivity index (χ4n) is 2.11. The smallest absolute Gasteiger partial charge is 0.328 e. The molecule has 0 aliphatic rings. The quantitative estimate of drug-likeness (QED) is 0.818. The molecule has 0 aromatic heterocycles. The van der Waals surface area contributed by atoms with E-state index in [1.165, 1.54) is 25.3 Å². The van der Waals surface area contributed by atoms with Crippen LogP contribution in [0.25, 0.3) is 0 Å². The molecule has 1 N–H and O–H groups in total. The molecule has 2 rings (SSSR count). The number of nitrogens with one attached hydrogen (secondary N) is 1. The molecule has 1 atom stereocenters. The van der Waals surface area contributed by atoms with Crippen LogP contribution in [0, 0.1) is 5.82 Å². The van der Waals surface area contributed by atoms with Crippen LogP contribution in [-0.4, -0.2) is 25.0 Å². The molecule has 7 heteroatoms. The van der Waals surface area contributed by atoms with Gasteiger partial charge in [-0.15, -0.1) is 0 Å². The fourth-order valence-corrected chi connectivity index (χ4v) is 2.60. The summed E-state index contributed by atoms with van der Waals surface area (Å²) >= 11 is 11.9. The minimum Gasteiger partial charge on any atom is -0.467 e. The molecule has 0 spiro atoms. The Balaban J connectivity index is 2.19. The second-order valence-electron chi connectivity index (χ2n) is 5.00. The number of hydrogen-bond donors (Lipinski definition) is 1. The summed E-state index contributed by atoms with van der Waals surface area (Å²) in [7, 11) is 1.22. The SMILES string of the molecule is COC(=O)[C@H](Cc1ccc(Cl)cc1Cl)NC(=O)c1cccc(F)c1. The van der Waals surface area contributed by atoms with Crippen LogP contribution >= 0.6 is 23.2 Å². The van der Waals surface area contributed by atoms with Gasteiger partial charge >= 0.3 is 5.97 Å². The zero-order chi connectivity index (χ0) is 17.7. The maximum Gasteiger partial charge on any atom is 0.328 e. The van der Waals surface area contributed by atoms with Crippen molar-refractivity contribution in [3.05, 3.63) is 69.5 Å². The third-order valence-corrected chi connectivity index (χ3v) is 3.90. The summed E-state index contributed by atoms with van der Waals surface area (Å²) in [5, 5.41) is 3.36. The summed E-state index contributed by atoms with van der Waals surface area (Å²) in [6.45, 7) is 0. The highest BCUT2D eigenvalue weighted by Gasteiger charge is 2.23. The molecule has 0 radical (unpaired) electrons. The molecule has 0 saturated heterocycles. The number of benzene rings is 2. The molecule has 0 unspecified atom stereocenters. The van der Waals surface area contributed by atoms with Gasteiger partial charge in [-0.25, -0.2) is 9.18 Å². The van der Waals surface area contributed by atoms with E-state index in [1.807, 2.05) is 0 Å². The molecule has 0 aliphatic heterocycles. The number of methoxy groups -OCH3 is 1. The van der Waals surface area contributed by atoms with Gasteiger partial charge in [0.1, 0.15) is 11.9 Å². The van der Waals surface area contributed by atoms with Gasteiger partial charge in [0.2, 0.25) is 0 Å². The third-order valence-electron chi connectivity index (χ3n) is 3.32. The number of carbonyl (C=O) groups excluding carboxylic acids is 2. The Morgan fingerprint density at radius 1 is 1.21 bits per heavy atom. The topological polar surface area (TPSA) is 55.4 Å². The fraction of sp³-hybridized carbons (Fsp3) is 0.176. The largest absolute Gasteiger partial charge is 0.467 e. The predicted molar refractivity (Wildman–Crippen MR) is 89.8 cm³/mol. The van der Waals surface area contributed by atoms with E-state index < -0.39 is 23.7 Å². The van der Waals surface area contributed by atoms with Gasteiger partial charge in [-0.3, -0.25) is 4.79 Å². The Labute approximate surface area is 148 Å². The van der Waals surface area contributed by atoms with E-state index in [9.17, 15) is 14.0 Å². The van der Waals surface area contributed by atoms with Crippen molar-refractivity contribution in [2.45, 2.75) is 12.5 Å². The van der Waals surface area contributed by atoms with Gasteiger partial charge < -0.3 is 10.1 Å². The normalized spacial score (nSPS) is 11.7. The van der Waals surface area contributed by atoms with Crippen LogP contribution in [0.5, 0.6) is 0 Å². The molecule has 126 valence electrons. The molecule has 4 nitrogen and oxygen atoms in total. The van der Waals surface area contributed by atoms with Gasteiger partial charge in [0.05, 0.1) is 7.11 Å². The Kier molecular flexibility index (Phi) is 6.17. The van der Waals surface area contributed by atoms with Crippen molar-refractivity contribution in [1.82, 2.24) is 5.32 Å². The lowest BCUT2D eigenvalue weighted by Gasteiger charge is -2.17. The van der Waals surface area contributed by atoms with E-state index in [4.69, 9.17) is 27.9 Å². The van der Waals surface area contributed by atoms with Crippen molar-refractivity contribution >= 4 is 35.1 Å². The molecule has 0 fully saturated rings. The number of rotatable bonds is 5. The molecule has 0 saturated carbocycles. The summed E-state index contributed by atoms with van der Waals surface area (Å²) < 4.78 is 17.9. The Morgan fingerprint density at radius 3 is 2.58 bits per heavy atom. The first-order valence-corrected chi connectivity index (χ1v) is 7.74.